The second-order valence-corrected chi connectivity index (χ2v) is 9.70. The number of carbonyl (C=O) groups is 1. The molecule has 2 aromatic carbocycles. The molecule has 1 N–H and O–H groups in total. The van der Waals surface area contributed by atoms with Gasteiger partial charge in [-0.2, -0.15) is 0 Å². The van der Waals surface area contributed by atoms with Crippen LogP contribution in [-0.4, -0.2) is 34.2 Å². The van der Waals surface area contributed by atoms with Gasteiger partial charge in [0.25, 0.3) is 0 Å². The van der Waals surface area contributed by atoms with Crippen LogP contribution in [0.2, 0.25) is 5.02 Å². The van der Waals surface area contributed by atoms with Crippen molar-refractivity contribution in [3.05, 3.63) is 58.9 Å². The number of nitrogens with zero attached hydrogens (tertiary/aromatic N) is 1. The molecule has 164 valence electrons. The number of sulfonamides is 1. The van der Waals surface area contributed by atoms with Crippen LogP contribution >= 0.6 is 11.6 Å². The Kier molecular flexibility index (Phi) is 8.09. The number of halogens is 2. The normalized spacial score (nSPS) is 12.5. The number of hydrogen-bond acceptors (Lipinski definition) is 4. The average molecular weight is 457 g/mol. The van der Waals surface area contributed by atoms with Gasteiger partial charge in [0.15, 0.2) is 0 Å². The second-order valence-electron chi connectivity index (χ2n) is 7.39. The van der Waals surface area contributed by atoms with Gasteiger partial charge < -0.3 is 10.1 Å². The molecule has 0 saturated carbocycles. The van der Waals surface area contributed by atoms with E-state index in [0.29, 0.717) is 18.1 Å². The van der Waals surface area contributed by atoms with Gasteiger partial charge in [-0.1, -0.05) is 37.6 Å². The number of ether oxygens (including phenoxy) is 1. The highest BCUT2D eigenvalue weighted by Gasteiger charge is 2.24. The van der Waals surface area contributed by atoms with Gasteiger partial charge in [-0.15, -0.1) is 0 Å². The molecule has 30 heavy (non-hydrogen) atoms. The molecule has 2 aromatic rings. The molecule has 0 fully saturated rings. The van der Waals surface area contributed by atoms with E-state index in [2.05, 4.69) is 5.32 Å². The molecule has 9 heteroatoms. The lowest BCUT2D eigenvalue weighted by atomic mass is 9.97. The Labute approximate surface area is 182 Å². The largest absolute Gasteiger partial charge is 0.497 e. The third kappa shape index (κ3) is 6.60. The maximum Gasteiger partial charge on any atom is 0.241 e. The first-order chi connectivity index (χ1) is 14.0. The van der Waals surface area contributed by atoms with Gasteiger partial charge in [-0.05, 0) is 48.2 Å². The molecule has 0 bridgehead atoms. The van der Waals surface area contributed by atoms with Crippen LogP contribution in [0.15, 0.2) is 42.5 Å². The van der Waals surface area contributed by atoms with Crippen molar-refractivity contribution in [3.8, 4) is 5.75 Å². The van der Waals surface area contributed by atoms with Gasteiger partial charge in [0.1, 0.15) is 18.1 Å². The number of hydrogen-bond donors (Lipinski definition) is 1. The number of carbonyl (C=O) groups excluding carboxylic acids is 1. The fourth-order valence-corrected chi connectivity index (χ4v) is 4.02. The predicted molar refractivity (Wildman–Crippen MR) is 117 cm³/mol. The lowest BCUT2D eigenvalue weighted by molar-refractivity contribution is -0.120. The maximum absolute atomic E-state index is 13.5. The summed E-state index contributed by atoms with van der Waals surface area (Å²) in [5.74, 6) is -0.165. The van der Waals surface area contributed by atoms with Crippen LogP contribution in [-0.2, 0) is 14.8 Å². The lowest BCUT2D eigenvalue weighted by Gasteiger charge is -2.25. The Morgan fingerprint density at radius 1 is 1.20 bits per heavy atom. The van der Waals surface area contributed by atoms with E-state index in [-0.39, 0.29) is 16.8 Å². The zero-order chi connectivity index (χ0) is 22.5. The van der Waals surface area contributed by atoms with Crippen molar-refractivity contribution in [2.24, 2.45) is 5.92 Å². The van der Waals surface area contributed by atoms with Crippen LogP contribution in [0.1, 0.15) is 31.9 Å². The van der Waals surface area contributed by atoms with Gasteiger partial charge in [-0.25, -0.2) is 12.8 Å². The second kappa shape index (κ2) is 10.1. The lowest BCUT2D eigenvalue weighted by Crippen LogP contribution is -2.41. The van der Waals surface area contributed by atoms with E-state index in [1.54, 1.807) is 19.2 Å². The van der Waals surface area contributed by atoms with E-state index in [1.165, 1.54) is 12.1 Å². The van der Waals surface area contributed by atoms with Gasteiger partial charge in [0.2, 0.25) is 15.9 Å². The zero-order valence-corrected chi connectivity index (χ0v) is 18.9. The summed E-state index contributed by atoms with van der Waals surface area (Å²) < 4.78 is 44.1. The third-order valence-electron chi connectivity index (χ3n) is 4.44. The topological polar surface area (TPSA) is 75.7 Å². The van der Waals surface area contributed by atoms with Gasteiger partial charge >= 0.3 is 0 Å². The fourth-order valence-electron chi connectivity index (χ4n) is 3.00. The number of anilines is 1. The van der Waals surface area contributed by atoms with Crippen LogP contribution in [0.25, 0.3) is 0 Å². The highest BCUT2D eigenvalue weighted by Crippen LogP contribution is 2.26. The van der Waals surface area contributed by atoms with Crippen molar-refractivity contribution in [2.75, 3.05) is 24.2 Å². The van der Waals surface area contributed by atoms with Crippen molar-refractivity contribution in [2.45, 2.75) is 26.3 Å². The zero-order valence-electron chi connectivity index (χ0n) is 17.4. The van der Waals surface area contributed by atoms with E-state index >= 15 is 0 Å². The summed E-state index contributed by atoms with van der Waals surface area (Å²) in [5, 5.41) is 2.68. The van der Waals surface area contributed by atoms with Crippen molar-refractivity contribution in [1.82, 2.24) is 5.32 Å². The molecule has 0 spiro atoms. The monoisotopic (exact) mass is 456 g/mol. The van der Waals surface area contributed by atoms with Gasteiger partial charge in [0.05, 0.1) is 30.1 Å². The highest BCUT2D eigenvalue weighted by atomic mass is 35.5. The summed E-state index contributed by atoms with van der Waals surface area (Å²) in [7, 11) is -2.23. The van der Waals surface area contributed by atoms with Crippen LogP contribution in [0.5, 0.6) is 5.75 Å². The summed E-state index contributed by atoms with van der Waals surface area (Å²) in [5.41, 5.74) is 0.998. The molecule has 0 radical (unpaired) electrons. The van der Waals surface area contributed by atoms with Crippen LogP contribution < -0.4 is 14.4 Å². The highest BCUT2D eigenvalue weighted by molar-refractivity contribution is 7.92. The van der Waals surface area contributed by atoms with E-state index in [9.17, 15) is 17.6 Å². The summed E-state index contributed by atoms with van der Waals surface area (Å²) in [6, 6.07) is 10.5. The molecule has 2 rings (SSSR count). The molecular formula is C21H26ClFN2O4S. The molecule has 0 heterocycles. The molecule has 0 aliphatic rings. The van der Waals surface area contributed by atoms with Crippen LogP contribution in [0.3, 0.4) is 0 Å². The Bertz CT molecular complexity index is 981. The summed E-state index contributed by atoms with van der Waals surface area (Å²) in [4.78, 5) is 12.8. The fraction of sp³-hybridized carbons (Fsp3) is 0.381. The van der Waals surface area contributed by atoms with Crippen LogP contribution in [0, 0.1) is 11.7 Å². The summed E-state index contributed by atoms with van der Waals surface area (Å²) in [6.45, 7) is 3.61. The van der Waals surface area contributed by atoms with Crippen molar-refractivity contribution >= 4 is 33.2 Å². The first-order valence-electron chi connectivity index (χ1n) is 9.37. The van der Waals surface area contributed by atoms with E-state index in [4.69, 9.17) is 16.3 Å². The number of nitrogens with one attached hydrogen (secondary N) is 1. The Hall–Kier alpha value is -2.32. The molecule has 1 atom stereocenters. The predicted octanol–water partition coefficient (Wildman–Crippen LogP) is 4.16. The van der Waals surface area contributed by atoms with E-state index in [0.717, 1.165) is 22.2 Å². The molecular weight excluding hydrogens is 431 g/mol. The standard InChI is InChI=1S/C21H26ClFN2O4S/c1-14(2)11-20(15-5-8-17(29-3)9-6-15)24-21(26)13-25(30(4,27)28)16-7-10-19(23)18(22)12-16/h5-10,12,14,20H,11,13H2,1-4H3,(H,24,26)/t20-/m0/s1. The first kappa shape index (κ1) is 24.0. The van der Waals surface area contributed by atoms with Crippen molar-refractivity contribution in [3.63, 3.8) is 0 Å². The SMILES string of the molecule is COc1ccc([C@H](CC(C)C)NC(=O)CN(c2ccc(F)c(Cl)c2)S(C)(=O)=O)cc1. The first-order valence-corrected chi connectivity index (χ1v) is 11.6. The third-order valence-corrected chi connectivity index (χ3v) is 5.87. The minimum absolute atomic E-state index is 0.115. The number of rotatable bonds is 9. The number of benzene rings is 2. The quantitative estimate of drug-likeness (QED) is 0.614. The van der Waals surface area contributed by atoms with Crippen LogP contribution in [0.4, 0.5) is 10.1 Å². The summed E-state index contributed by atoms with van der Waals surface area (Å²) >= 11 is 5.78. The summed E-state index contributed by atoms with van der Waals surface area (Å²) in [6.07, 6.45) is 1.64. The Balaban J connectivity index is 2.24. The van der Waals surface area contributed by atoms with Gasteiger partial charge in [-0.3, -0.25) is 9.10 Å². The minimum Gasteiger partial charge on any atom is -0.497 e. The van der Waals surface area contributed by atoms with Crippen molar-refractivity contribution < 1.29 is 22.3 Å². The molecule has 0 aliphatic carbocycles. The van der Waals surface area contributed by atoms with Gasteiger partial charge in [0, 0.05) is 0 Å². The molecule has 0 aliphatic heterocycles. The molecule has 6 nitrogen and oxygen atoms in total. The number of methoxy groups -OCH3 is 1. The molecule has 0 unspecified atom stereocenters. The van der Waals surface area contributed by atoms with Crippen molar-refractivity contribution in [1.29, 1.82) is 0 Å². The molecule has 0 saturated heterocycles. The molecule has 1 amide bonds. The smallest absolute Gasteiger partial charge is 0.241 e. The Morgan fingerprint density at radius 3 is 2.33 bits per heavy atom. The van der Waals surface area contributed by atoms with E-state index < -0.39 is 28.3 Å². The van der Waals surface area contributed by atoms with E-state index in [1.807, 2.05) is 26.0 Å². The average Bonchev–Trinajstić information content (AvgIpc) is 2.67. The minimum atomic E-state index is -3.80. The maximum atomic E-state index is 13.5. The molecule has 0 aromatic heterocycles. The number of amides is 1. The Morgan fingerprint density at radius 2 is 1.83 bits per heavy atom.